The number of benzene rings is 1. The highest BCUT2D eigenvalue weighted by molar-refractivity contribution is 5.88. The van der Waals surface area contributed by atoms with Crippen molar-refractivity contribution in [1.29, 1.82) is 0 Å². The molecule has 0 heterocycles. The fourth-order valence-electron chi connectivity index (χ4n) is 1.80. The molecule has 0 aliphatic carbocycles. The van der Waals surface area contributed by atoms with Gasteiger partial charge >= 0.3 is 5.97 Å². The number of nitrogens with two attached hydrogens (primary N) is 1. The van der Waals surface area contributed by atoms with Crippen LogP contribution in [0.25, 0.3) is 0 Å². The van der Waals surface area contributed by atoms with Gasteiger partial charge in [0.05, 0.1) is 13.5 Å². The summed E-state index contributed by atoms with van der Waals surface area (Å²) in [5, 5.41) is 2.65. The second-order valence-electron chi connectivity index (χ2n) is 4.81. The first-order valence-electron chi connectivity index (χ1n) is 6.07. The molecule has 3 N–H and O–H groups in total. The maximum absolute atomic E-state index is 12.0. The maximum Gasteiger partial charge on any atom is 0.330 e. The highest BCUT2D eigenvalue weighted by atomic mass is 16.5. The van der Waals surface area contributed by atoms with Crippen LogP contribution in [0.3, 0.4) is 0 Å². The fraction of sp³-hybridized carbons (Fsp3) is 0.429. The Kier molecular flexibility index (Phi) is 5.06. The highest BCUT2D eigenvalue weighted by Gasteiger charge is 2.30. The quantitative estimate of drug-likeness (QED) is 0.769. The van der Waals surface area contributed by atoms with Crippen LogP contribution in [0.2, 0.25) is 0 Å². The molecule has 1 aromatic carbocycles. The van der Waals surface area contributed by atoms with Crippen LogP contribution in [-0.4, -0.2) is 24.5 Å². The lowest BCUT2D eigenvalue weighted by Crippen LogP contribution is -2.50. The van der Waals surface area contributed by atoms with Crippen molar-refractivity contribution in [2.24, 2.45) is 5.73 Å². The van der Waals surface area contributed by atoms with Gasteiger partial charge in [0.2, 0.25) is 5.91 Å². The minimum Gasteiger partial charge on any atom is -0.467 e. The molecule has 0 radical (unpaired) electrons. The maximum atomic E-state index is 12.0. The van der Waals surface area contributed by atoms with Crippen molar-refractivity contribution in [2.75, 3.05) is 7.11 Å². The number of hydrogen-bond acceptors (Lipinski definition) is 4. The van der Waals surface area contributed by atoms with Crippen LogP contribution >= 0.6 is 0 Å². The predicted octanol–water partition coefficient (Wildman–Crippen LogP) is 0.756. The summed E-state index contributed by atoms with van der Waals surface area (Å²) in [6, 6.07) is 7.47. The fourth-order valence-corrected chi connectivity index (χ4v) is 1.80. The first-order valence-corrected chi connectivity index (χ1v) is 6.07. The predicted molar refractivity (Wildman–Crippen MR) is 72.3 cm³/mol. The SMILES string of the molecule is COC(=O)C(C)(C)NC(=O)Cc1ccccc1CN. The third-order valence-electron chi connectivity index (χ3n) is 2.84. The first-order chi connectivity index (χ1) is 8.90. The molecule has 5 heteroatoms. The van der Waals surface area contributed by atoms with Crippen molar-refractivity contribution in [1.82, 2.24) is 5.32 Å². The van der Waals surface area contributed by atoms with Gasteiger partial charge in [-0.25, -0.2) is 4.79 Å². The second kappa shape index (κ2) is 6.33. The third kappa shape index (κ3) is 4.06. The summed E-state index contributed by atoms with van der Waals surface area (Å²) in [5.74, 6) is -0.718. The van der Waals surface area contributed by atoms with Gasteiger partial charge in [0.25, 0.3) is 0 Å². The van der Waals surface area contributed by atoms with Gasteiger partial charge in [-0.15, -0.1) is 0 Å². The van der Waals surface area contributed by atoms with Crippen molar-refractivity contribution >= 4 is 11.9 Å². The van der Waals surface area contributed by atoms with Gasteiger partial charge in [-0.05, 0) is 25.0 Å². The Morgan fingerprint density at radius 3 is 2.37 bits per heavy atom. The number of carbonyl (C=O) groups is 2. The molecular weight excluding hydrogens is 244 g/mol. The number of amides is 1. The molecule has 0 saturated heterocycles. The van der Waals surface area contributed by atoms with E-state index in [1.54, 1.807) is 13.8 Å². The molecule has 0 aliphatic heterocycles. The van der Waals surface area contributed by atoms with Gasteiger partial charge in [0.15, 0.2) is 0 Å². The van der Waals surface area contributed by atoms with E-state index in [0.717, 1.165) is 11.1 Å². The summed E-state index contributed by atoms with van der Waals surface area (Å²) < 4.78 is 4.64. The van der Waals surface area contributed by atoms with Crippen LogP contribution in [0, 0.1) is 0 Å². The molecule has 1 amide bonds. The normalized spacial score (nSPS) is 10.9. The Morgan fingerprint density at radius 1 is 1.26 bits per heavy atom. The minimum absolute atomic E-state index is 0.188. The van der Waals surface area contributed by atoms with Crippen LogP contribution in [0.15, 0.2) is 24.3 Å². The lowest BCUT2D eigenvalue weighted by molar-refractivity contribution is -0.149. The molecule has 0 saturated carbocycles. The molecule has 0 atom stereocenters. The molecule has 5 nitrogen and oxygen atoms in total. The van der Waals surface area contributed by atoms with E-state index in [9.17, 15) is 9.59 Å². The van der Waals surface area contributed by atoms with Gasteiger partial charge in [-0.2, -0.15) is 0 Å². The Labute approximate surface area is 113 Å². The lowest BCUT2D eigenvalue weighted by Gasteiger charge is -2.23. The van der Waals surface area contributed by atoms with Crippen LogP contribution in [0.4, 0.5) is 0 Å². The summed E-state index contributed by atoms with van der Waals surface area (Å²) in [5.41, 5.74) is 6.37. The Balaban J connectivity index is 2.73. The molecular formula is C14H20N2O3. The van der Waals surface area contributed by atoms with E-state index in [1.807, 2.05) is 24.3 Å². The number of nitrogens with one attached hydrogen (secondary N) is 1. The van der Waals surface area contributed by atoms with E-state index in [-0.39, 0.29) is 12.3 Å². The van der Waals surface area contributed by atoms with Gasteiger partial charge in [-0.1, -0.05) is 24.3 Å². The van der Waals surface area contributed by atoms with Gasteiger partial charge in [0, 0.05) is 6.54 Å². The number of ether oxygens (including phenoxy) is 1. The molecule has 0 aliphatic rings. The van der Waals surface area contributed by atoms with Crippen LogP contribution in [0.5, 0.6) is 0 Å². The van der Waals surface area contributed by atoms with Crippen LogP contribution < -0.4 is 11.1 Å². The Hall–Kier alpha value is -1.88. The van der Waals surface area contributed by atoms with E-state index >= 15 is 0 Å². The molecule has 0 unspecified atom stereocenters. The zero-order valence-electron chi connectivity index (χ0n) is 11.5. The second-order valence-corrected chi connectivity index (χ2v) is 4.81. The van der Waals surface area contributed by atoms with Crippen molar-refractivity contribution in [3.63, 3.8) is 0 Å². The molecule has 104 valence electrons. The summed E-state index contributed by atoms with van der Waals surface area (Å²) in [6.45, 7) is 3.58. The van der Waals surface area contributed by atoms with Gasteiger partial charge < -0.3 is 15.8 Å². The number of rotatable bonds is 5. The van der Waals surface area contributed by atoms with Crippen LogP contribution in [-0.2, 0) is 27.3 Å². The van der Waals surface area contributed by atoms with Crippen molar-refractivity contribution < 1.29 is 14.3 Å². The average molecular weight is 264 g/mol. The van der Waals surface area contributed by atoms with Gasteiger partial charge in [0.1, 0.15) is 5.54 Å². The molecule has 1 rings (SSSR count). The molecule has 1 aromatic rings. The lowest BCUT2D eigenvalue weighted by atomic mass is 10.0. The van der Waals surface area contributed by atoms with E-state index in [2.05, 4.69) is 10.1 Å². The van der Waals surface area contributed by atoms with Crippen molar-refractivity contribution in [3.8, 4) is 0 Å². The number of carbonyl (C=O) groups excluding carboxylic acids is 2. The van der Waals surface area contributed by atoms with E-state index in [1.165, 1.54) is 7.11 Å². The summed E-state index contributed by atoms with van der Waals surface area (Å²) >= 11 is 0. The Bertz CT molecular complexity index is 470. The number of methoxy groups -OCH3 is 1. The number of esters is 1. The first kappa shape index (κ1) is 15.2. The summed E-state index contributed by atoms with van der Waals surface area (Å²) in [6.07, 6.45) is 0.188. The summed E-state index contributed by atoms with van der Waals surface area (Å²) in [4.78, 5) is 23.4. The highest BCUT2D eigenvalue weighted by Crippen LogP contribution is 2.10. The topological polar surface area (TPSA) is 81.4 Å². The van der Waals surface area contributed by atoms with Crippen molar-refractivity contribution in [3.05, 3.63) is 35.4 Å². The van der Waals surface area contributed by atoms with Crippen LogP contribution in [0.1, 0.15) is 25.0 Å². The minimum atomic E-state index is -1.04. The van der Waals surface area contributed by atoms with E-state index < -0.39 is 11.5 Å². The molecule has 0 aromatic heterocycles. The zero-order chi connectivity index (χ0) is 14.5. The number of hydrogen-bond donors (Lipinski definition) is 2. The van der Waals surface area contributed by atoms with E-state index in [0.29, 0.717) is 6.54 Å². The van der Waals surface area contributed by atoms with Gasteiger partial charge in [-0.3, -0.25) is 4.79 Å². The smallest absolute Gasteiger partial charge is 0.330 e. The summed E-state index contributed by atoms with van der Waals surface area (Å²) in [7, 11) is 1.29. The molecule has 19 heavy (non-hydrogen) atoms. The average Bonchev–Trinajstić information content (AvgIpc) is 2.37. The third-order valence-corrected chi connectivity index (χ3v) is 2.84. The standard InChI is InChI=1S/C14H20N2O3/c1-14(2,13(18)19-3)16-12(17)8-10-6-4-5-7-11(10)9-15/h4-7H,8-9,15H2,1-3H3,(H,16,17). The monoisotopic (exact) mass is 264 g/mol. The largest absolute Gasteiger partial charge is 0.467 e. The molecule has 0 spiro atoms. The van der Waals surface area contributed by atoms with E-state index in [4.69, 9.17) is 5.73 Å². The zero-order valence-corrected chi connectivity index (χ0v) is 11.5. The van der Waals surface area contributed by atoms with Crippen molar-refractivity contribution in [2.45, 2.75) is 32.4 Å². The molecule has 0 bridgehead atoms. The molecule has 0 fully saturated rings. The Morgan fingerprint density at radius 2 is 1.84 bits per heavy atom.